The topological polar surface area (TPSA) is 128 Å². The van der Waals surface area contributed by atoms with Crippen LogP contribution in [0.25, 0.3) is 0 Å². The maximum atomic E-state index is 13.1. The van der Waals surface area contributed by atoms with Gasteiger partial charge in [0.15, 0.2) is 0 Å². The molecule has 1 saturated heterocycles. The van der Waals surface area contributed by atoms with Gasteiger partial charge in [-0.1, -0.05) is 18.2 Å². The summed E-state index contributed by atoms with van der Waals surface area (Å²) in [6, 6.07) is 15.5. The summed E-state index contributed by atoms with van der Waals surface area (Å²) in [6.45, 7) is 0.327. The third-order valence-electron chi connectivity index (χ3n) is 5.09. The van der Waals surface area contributed by atoms with Crippen LogP contribution < -0.4 is 5.32 Å². The van der Waals surface area contributed by atoms with Crippen LogP contribution in [0.5, 0.6) is 0 Å². The van der Waals surface area contributed by atoms with Crippen LogP contribution in [0.15, 0.2) is 64.4 Å². The fourth-order valence-corrected chi connectivity index (χ4v) is 6.33. The van der Waals surface area contributed by atoms with Crippen molar-refractivity contribution in [1.29, 1.82) is 5.26 Å². The summed E-state index contributed by atoms with van der Waals surface area (Å²) >= 11 is 0. The van der Waals surface area contributed by atoms with Gasteiger partial charge in [-0.25, -0.2) is 16.8 Å². The van der Waals surface area contributed by atoms with Crippen molar-refractivity contribution < 1.29 is 21.6 Å². The standard InChI is InChI=1S/C21H24N4O5S2/c22-17-18-7-9-20(10-8-18)32(29,30)25-14-4-13-24(15-11-21(26)23-12-16-25)31(27,28)19-5-2-1-3-6-19/h1-3,5-10H,4,11-16H2,(H,23,26). The number of carbonyl (C=O) groups excluding carboxylic acids is 1. The molecule has 1 fully saturated rings. The smallest absolute Gasteiger partial charge is 0.243 e. The zero-order valence-corrected chi connectivity index (χ0v) is 19.0. The van der Waals surface area contributed by atoms with Gasteiger partial charge in [0, 0.05) is 39.1 Å². The number of rotatable bonds is 4. The molecule has 0 spiro atoms. The number of nitrogens with zero attached hydrogens (tertiary/aromatic N) is 3. The number of nitriles is 1. The maximum absolute atomic E-state index is 13.1. The first kappa shape index (κ1) is 23.9. The number of benzene rings is 2. The zero-order valence-electron chi connectivity index (χ0n) is 17.3. The SMILES string of the molecule is N#Cc1ccc(S(=O)(=O)N2CCCN(S(=O)(=O)c3ccccc3)CCC(=O)NCC2)cc1. The van der Waals surface area contributed by atoms with Crippen molar-refractivity contribution in [3.63, 3.8) is 0 Å². The van der Waals surface area contributed by atoms with Gasteiger partial charge in [-0.05, 0) is 42.8 Å². The average Bonchev–Trinajstić information content (AvgIpc) is 2.84. The number of sulfonamides is 2. The first-order valence-electron chi connectivity index (χ1n) is 10.1. The van der Waals surface area contributed by atoms with Crippen LogP contribution >= 0.6 is 0 Å². The lowest BCUT2D eigenvalue weighted by atomic mass is 10.2. The number of hydrogen-bond donors (Lipinski definition) is 1. The van der Waals surface area contributed by atoms with E-state index in [1.54, 1.807) is 18.2 Å². The molecule has 0 bridgehead atoms. The van der Waals surface area contributed by atoms with Crippen LogP contribution in [0.4, 0.5) is 0 Å². The molecule has 1 aliphatic rings. The van der Waals surface area contributed by atoms with Crippen molar-refractivity contribution in [3.05, 3.63) is 60.2 Å². The van der Waals surface area contributed by atoms with Gasteiger partial charge in [0.25, 0.3) is 0 Å². The minimum atomic E-state index is -3.88. The van der Waals surface area contributed by atoms with E-state index in [0.717, 1.165) is 0 Å². The Morgan fingerprint density at radius 1 is 0.781 bits per heavy atom. The molecule has 11 heteroatoms. The quantitative estimate of drug-likeness (QED) is 0.705. The molecule has 2 aromatic carbocycles. The highest BCUT2D eigenvalue weighted by atomic mass is 32.2. The van der Waals surface area contributed by atoms with Crippen LogP contribution in [-0.4, -0.2) is 64.1 Å². The third-order valence-corrected chi connectivity index (χ3v) is 8.91. The maximum Gasteiger partial charge on any atom is 0.243 e. The van der Waals surface area contributed by atoms with Gasteiger partial charge >= 0.3 is 0 Å². The van der Waals surface area contributed by atoms with E-state index in [2.05, 4.69) is 5.32 Å². The van der Waals surface area contributed by atoms with E-state index in [1.165, 1.54) is 45.0 Å². The van der Waals surface area contributed by atoms with Crippen LogP contribution in [0.3, 0.4) is 0 Å². The van der Waals surface area contributed by atoms with Crippen LogP contribution in [0.1, 0.15) is 18.4 Å². The van der Waals surface area contributed by atoms with Gasteiger partial charge in [-0.3, -0.25) is 4.79 Å². The van der Waals surface area contributed by atoms with E-state index in [1.807, 2.05) is 6.07 Å². The van der Waals surface area contributed by atoms with E-state index in [4.69, 9.17) is 5.26 Å². The van der Waals surface area contributed by atoms with Gasteiger partial charge < -0.3 is 5.32 Å². The molecule has 0 aliphatic carbocycles. The predicted octanol–water partition coefficient (Wildman–Crippen LogP) is 1.15. The van der Waals surface area contributed by atoms with E-state index >= 15 is 0 Å². The Hall–Kier alpha value is -2.78. The Morgan fingerprint density at radius 3 is 1.94 bits per heavy atom. The largest absolute Gasteiger partial charge is 0.355 e. The molecule has 3 rings (SSSR count). The first-order chi connectivity index (χ1) is 15.2. The molecule has 0 unspecified atom stereocenters. The Labute approximate surface area is 188 Å². The van der Waals surface area contributed by atoms with Crippen LogP contribution in [0, 0.1) is 11.3 Å². The number of nitrogens with one attached hydrogen (secondary N) is 1. The molecule has 0 aromatic heterocycles. The number of amides is 1. The summed E-state index contributed by atoms with van der Waals surface area (Å²) in [5, 5.41) is 11.6. The summed E-state index contributed by atoms with van der Waals surface area (Å²) in [4.78, 5) is 12.3. The molecule has 170 valence electrons. The van der Waals surface area contributed by atoms with Gasteiger partial charge in [0.1, 0.15) is 0 Å². The Kier molecular flexibility index (Phi) is 7.63. The second-order valence-corrected chi connectivity index (χ2v) is 11.1. The summed E-state index contributed by atoms with van der Waals surface area (Å²) in [5.74, 6) is -0.351. The fraction of sp³-hybridized carbons (Fsp3) is 0.333. The molecule has 1 N–H and O–H groups in total. The van der Waals surface area contributed by atoms with Gasteiger partial charge in [0.05, 0.1) is 21.4 Å². The highest BCUT2D eigenvalue weighted by Crippen LogP contribution is 2.19. The Balaban J connectivity index is 1.83. The minimum absolute atomic E-state index is 0.00539. The van der Waals surface area contributed by atoms with Crippen molar-refractivity contribution in [1.82, 2.24) is 13.9 Å². The van der Waals surface area contributed by atoms with Crippen molar-refractivity contribution in [2.24, 2.45) is 0 Å². The molecule has 2 aromatic rings. The van der Waals surface area contributed by atoms with Gasteiger partial charge in [-0.15, -0.1) is 0 Å². The minimum Gasteiger partial charge on any atom is -0.355 e. The fourth-order valence-electron chi connectivity index (χ4n) is 3.35. The Morgan fingerprint density at radius 2 is 1.34 bits per heavy atom. The predicted molar refractivity (Wildman–Crippen MR) is 117 cm³/mol. The van der Waals surface area contributed by atoms with Crippen molar-refractivity contribution >= 4 is 26.0 Å². The average molecular weight is 477 g/mol. The monoisotopic (exact) mass is 476 g/mol. The lowest BCUT2D eigenvalue weighted by Crippen LogP contribution is -2.39. The van der Waals surface area contributed by atoms with Crippen molar-refractivity contribution in [2.45, 2.75) is 22.6 Å². The second-order valence-electron chi connectivity index (χ2n) is 7.21. The van der Waals surface area contributed by atoms with Gasteiger partial charge in [0.2, 0.25) is 26.0 Å². The number of carbonyl (C=O) groups is 1. The molecule has 1 heterocycles. The second kappa shape index (κ2) is 10.2. The van der Waals surface area contributed by atoms with E-state index in [-0.39, 0.29) is 61.3 Å². The molecule has 1 amide bonds. The van der Waals surface area contributed by atoms with E-state index in [9.17, 15) is 21.6 Å². The molecule has 1 aliphatic heterocycles. The third kappa shape index (κ3) is 5.52. The van der Waals surface area contributed by atoms with Crippen molar-refractivity contribution in [2.75, 3.05) is 32.7 Å². The molecule has 9 nitrogen and oxygen atoms in total. The molecular formula is C21H24N4O5S2. The lowest BCUT2D eigenvalue weighted by Gasteiger charge is -2.24. The molecule has 0 atom stereocenters. The highest BCUT2D eigenvalue weighted by Gasteiger charge is 2.28. The van der Waals surface area contributed by atoms with E-state index < -0.39 is 20.0 Å². The van der Waals surface area contributed by atoms with Crippen LogP contribution in [0.2, 0.25) is 0 Å². The number of hydrogen-bond acceptors (Lipinski definition) is 6. The molecule has 0 radical (unpaired) electrons. The van der Waals surface area contributed by atoms with Crippen molar-refractivity contribution in [3.8, 4) is 6.07 Å². The lowest BCUT2D eigenvalue weighted by molar-refractivity contribution is -0.121. The Bertz CT molecular complexity index is 1190. The summed E-state index contributed by atoms with van der Waals surface area (Å²) in [5.41, 5.74) is 0.343. The zero-order chi connectivity index (χ0) is 23.2. The molecule has 32 heavy (non-hydrogen) atoms. The van der Waals surface area contributed by atoms with E-state index in [0.29, 0.717) is 5.56 Å². The molecule has 0 saturated carbocycles. The first-order valence-corrected chi connectivity index (χ1v) is 13.0. The van der Waals surface area contributed by atoms with Gasteiger partial charge in [-0.2, -0.15) is 13.9 Å². The van der Waals surface area contributed by atoms with Crippen LogP contribution in [-0.2, 0) is 24.8 Å². The molecular weight excluding hydrogens is 452 g/mol. The summed E-state index contributed by atoms with van der Waals surface area (Å²) in [6.07, 6.45) is 0.240. The summed E-state index contributed by atoms with van der Waals surface area (Å²) < 4.78 is 54.8. The highest BCUT2D eigenvalue weighted by molar-refractivity contribution is 7.89. The summed E-state index contributed by atoms with van der Waals surface area (Å²) in [7, 11) is -7.71. The normalized spacial score (nSPS) is 17.7.